The van der Waals surface area contributed by atoms with Crippen LogP contribution in [-0.4, -0.2) is 9.13 Å². The first-order valence-corrected chi connectivity index (χ1v) is 15.4. The molecule has 0 N–H and O–H groups in total. The van der Waals surface area contributed by atoms with Crippen LogP contribution >= 0.6 is 0 Å². The van der Waals surface area contributed by atoms with Gasteiger partial charge >= 0.3 is 0 Å². The SMILES string of the molecule is N#Cc1ccc(-n2c3ccccc3c3cc(-c4ccc5c(c4)c4ccccc4n5-c4ccc(C#N)c(C#N)c4C#N)ccc32)c(C#N)c1C#N. The maximum absolute atomic E-state index is 10.1. The Bertz CT molecular complexity index is 2850. The van der Waals surface area contributed by atoms with E-state index in [-0.39, 0.29) is 33.4 Å². The largest absolute Gasteiger partial charge is 0.308 e. The number of hydrogen-bond donors (Lipinski definition) is 0. The van der Waals surface area contributed by atoms with Gasteiger partial charge in [0.25, 0.3) is 0 Å². The molecule has 8 aromatic rings. The highest BCUT2D eigenvalue weighted by molar-refractivity contribution is 6.13. The van der Waals surface area contributed by atoms with Gasteiger partial charge in [-0.25, -0.2) is 0 Å². The fourth-order valence-corrected chi connectivity index (χ4v) is 7.02. The van der Waals surface area contributed by atoms with Gasteiger partial charge < -0.3 is 9.13 Å². The van der Waals surface area contributed by atoms with Crippen molar-refractivity contribution < 1.29 is 0 Å². The van der Waals surface area contributed by atoms with Gasteiger partial charge in [-0.1, -0.05) is 48.5 Å². The molecule has 0 amide bonds. The monoisotopic (exact) mass is 634 g/mol. The quantitative estimate of drug-likeness (QED) is 0.189. The molecule has 50 heavy (non-hydrogen) atoms. The minimum Gasteiger partial charge on any atom is -0.308 e. The van der Waals surface area contributed by atoms with Crippen LogP contribution in [-0.2, 0) is 0 Å². The van der Waals surface area contributed by atoms with E-state index in [4.69, 9.17) is 0 Å². The summed E-state index contributed by atoms with van der Waals surface area (Å²) in [6, 6.07) is 47.1. The zero-order valence-electron chi connectivity index (χ0n) is 26.0. The fourth-order valence-electron chi connectivity index (χ4n) is 7.02. The van der Waals surface area contributed by atoms with Gasteiger partial charge in [0.05, 0.1) is 66.8 Å². The van der Waals surface area contributed by atoms with Gasteiger partial charge in [-0.3, -0.25) is 0 Å². The zero-order chi connectivity index (χ0) is 34.5. The lowest BCUT2D eigenvalue weighted by Gasteiger charge is -2.12. The lowest BCUT2D eigenvalue weighted by atomic mass is 10.00. The summed E-state index contributed by atoms with van der Waals surface area (Å²) < 4.78 is 3.93. The van der Waals surface area contributed by atoms with E-state index >= 15 is 0 Å². The van der Waals surface area contributed by atoms with Gasteiger partial charge in [0.15, 0.2) is 0 Å². The van der Waals surface area contributed by atoms with Crippen molar-refractivity contribution in [3.05, 3.63) is 143 Å². The van der Waals surface area contributed by atoms with Crippen LogP contribution in [0.25, 0.3) is 66.1 Å². The first kappa shape index (κ1) is 29.3. The highest BCUT2D eigenvalue weighted by atomic mass is 15.0. The van der Waals surface area contributed by atoms with E-state index < -0.39 is 0 Å². The topological polar surface area (TPSA) is 153 Å². The molecular formula is C42H18N8. The summed E-state index contributed by atoms with van der Waals surface area (Å²) in [4.78, 5) is 0. The smallest absolute Gasteiger partial charge is 0.103 e. The van der Waals surface area contributed by atoms with Gasteiger partial charge in [-0.2, -0.15) is 31.6 Å². The Hall–Kier alpha value is -8.14. The Labute approximate surface area is 285 Å². The molecule has 0 spiro atoms. The van der Waals surface area contributed by atoms with E-state index in [1.807, 2.05) is 106 Å². The number of fused-ring (bicyclic) bond motifs is 6. The van der Waals surface area contributed by atoms with Crippen LogP contribution in [0.3, 0.4) is 0 Å². The third-order valence-corrected chi connectivity index (χ3v) is 9.22. The molecule has 0 atom stereocenters. The average molecular weight is 635 g/mol. The number of nitriles is 6. The fraction of sp³-hybridized carbons (Fsp3) is 0. The Kier molecular flexibility index (Phi) is 6.60. The zero-order valence-corrected chi connectivity index (χ0v) is 26.0. The van der Waals surface area contributed by atoms with Crippen molar-refractivity contribution in [2.75, 3.05) is 0 Å². The molecule has 8 nitrogen and oxygen atoms in total. The number of hydrogen-bond acceptors (Lipinski definition) is 6. The van der Waals surface area contributed by atoms with Crippen molar-refractivity contribution in [2.45, 2.75) is 0 Å². The molecule has 6 aromatic carbocycles. The maximum Gasteiger partial charge on any atom is 0.103 e. The van der Waals surface area contributed by atoms with Crippen molar-refractivity contribution in [3.63, 3.8) is 0 Å². The molecule has 0 fully saturated rings. The van der Waals surface area contributed by atoms with Crippen molar-refractivity contribution in [1.82, 2.24) is 9.13 Å². The predicted octanol–water partition coefficient (Wildman–Crippen LogP) is 8.78. The number of nitrogens with zero attached hydrogens (tertiary/aromatic N) is 8. The highest BCUT2D eigenvalue weighted by Gasteiger charge is 2.22. The Balaban J connectivity index is 1.36. The molecule has 0 aliphatic rings. The minimum atomic E-state index is 0.0502. The molecule has 0 aliphatic heterocycles. The molecule has 2 aromatic heterocycles. The summed E-state index contributed by atoms with van der Waals surface area (Å²) in [5.41, 5.74) is 7.06. The molecule has 0 unspecified atom stereocenters. The molecule has 0 aliphatic carbocycles. The Morgan fingerprint density at radius 1 is 0.340 bits per heavy atom. The van der Waals surface area contributed by atoms with E-state index in [1.165, 1.54) is 0 Å². The normalized spacial score (nSPS) is 10.7. The van der Waals surface area contributed by atoms with Crippen molar-refractivity contribution in [3.8, 4) is 58.9 Å². The number of rotatable bonds is 3. The van der Waals surface area contributed by atoms with Gasteiger partial charge in [0.1, 0.15) is 36.4 Å². The molecular weight excluding hydrogens is 617 g/mol. The van der Waals surface area contributed by atoms with Gasteiger partial charge in [-0.15, -0.1) is 0 Å². The van der Waals surface area contributed by atoms with Crippen molar-refractivity contribution >= 4 is 43.6 Å². The molecule has 0 radical (unpaired) electrons. The second-order valence-corrected chi connectivity index (χ2v) is 11.6. The van der Waals surface area contributed by atoms with Crippen LogP contribution in [0.1, 0.15) is 33.4 Å². The minimum absolute atomic E-state index is 0.0502. The van der Waals surface area contributed by atoms with E-state index in [1.54, 1.807) is 24.3 Å². The van der Waals surface area contributed by atoms with Crippen LogP contribution in [0.4, 0.5) is 0 Å². The van der Waals surface area contributed by atoms with Gasteiger partial charge in [-0.05, 0) is 71.8 Å². The lowest BCUT2D eigenvalue weighted by Crippen LogP contribution is -2.01. The van der Waals surface area contributed by atoms with E-state index in [0.717, 1.165) is 54.7 Å². The third-order valence-electron chi connectivity index (χ3n) is 9.22. The molecule has 2 heterocycles. The predicted molar refractivity (Wildman–Crippen MR) is 189 cm³/mol. The number of benzene rings is 6. The van der Waals surface area contributed by atoms with Crippen LogP contribution in [0.15, 0.2) is 109 Å². The second-order valence-electron chi connectivity index (χ2n) is 11.6. The van der Waals surface area contributed by atoms with Crippen LogP contribution in [0, 0.1) is 68.0 Å². The molecule has 8 heteroatoms. The van der Waals surface area contributed by atoms with Crippen molar-refractivity contribution in [2.24, 2.45) is 0 Å². The van der Waals surface area contributed by atoms with Gasteiger partial charge in [0, 0.05) is 21.5 Å². The van der Waals surface area contributed by atoms with Crippen LogP contribution in [0.2, 0.25) is 0 Å². The molecule has 0 saturated heterocycles. The summed E-state index contributed by atoms with van der Waals surface area (Å²) in [6.07, 6.45) is 0. The molecule has 8 rings (SSSR count). The van der Waals surface area contributed by atoms with Gasteiger partial charge in [0.2, 0.25) is 0 Å². The lowest BCUT2D eigenvalue weighted by molar-refractivity contribution is 1.16. The Morgan fingerprint density at radius 2 is 0.720 bits per heavy atom. The second kappa shape index (κ2) is 11.3. The first-order chi connectivity index (χ1) is 24.6. The Morgan fingerprint density at radius 3 is 1.10 bits per heavy atom. The molecule has 0 bridgehead atoms. The molecule has 226 valence electrons. The van der Waals surface area contributed by atoms with E-state index in [2.05, 4.69) is 24.3 Å². The number of aromatic nitrogens is 2. The molecule has 0 saturated carbocycles. The van der Waals surface area contributed by atoms with E-state index in [0.29, 0.717) is 11.4 Å². The summed E-state index contributed by atoms with van der Waals surface area (Å²) in [7, 11) is 0. The summed E-state index contributed by atoms with van der Waals surface area (Å²) in [5, 5.41) is 62.9. The van der Waals surface area contributed by atoms with Crippen LogP contribution in [0.5, 0.6) is 0 Å². The van der Waals surface area contributed by atoms with Crippen LogP contribution < -0.4 is 0 Å². The highest BCUT2D eigenvalue weighted by Crippen LogP contribution is 2.39. The summed E-state index contributed by atoms with van der Waals surface area (Å²) in [5.74, 6) is 0. The summed E-state index contributed by atoms with van der Waals surface area (Å²) in [6.45, 7) is 0. The first-order valence-electron chi connectivity index (χ1n) is 15.4. The van der Waals surface area contributed by atoms with Crippen molar-refractivity contribution in [1.29, 1.82) is 31.6 Å². The maximum atomic E-state index is 10.1. The standard InChI is InChI=1S/C42H18N8/c43-19-27-11-15-41(35(23-47)33(27)21-45)49-37-7-3-1-5-29(37)31-17-25(9-13-39(31)49)26-10-14-40-32(18-26)30-6-2-4-8-38(30)50(40)42-16-12-28(20-44)34(22-46)36(42)24-48/h1-18H. The summed E-state index contributed by atoms with van der Waals surface area (Å²) >= 11 is 0. The third kappa shape index (κ3) is 4.05. The average Bonchev–Trinajstić information content (AvgIpc) is 3.68. The van der Waals surface area contributed by atoms with E-state index in [9.17, 15) is 31.6 Å². The number of para-hydroxylation sites is 2.